The van der Waals surface area contributed by atoms with Crippen LogP contribution in [0.25, 0.3) is 16.4 Å². The van der Waals surface area contributed by atoms with Crippen LogP contribution in [0.1, 0.15) is 46.7 Å². The zero-order chi connectivity index (χ0) is 17.6. The van der Waals surface area contributed by atoms with E-state index in [1.54, 1.807) is 17.7 Å². The lowest BCUT2D eigenvalue weighted by atomic mass is 10.1. The average Bonchev–Trinajstić information content (AvgIpc) is 3.20. The smallest absolute Gasteiger partial charge is 0.167 e. The van der Waals surface area contributed by atoms with Gasteiger partial charge in [-0.05, 0) is 45.1 Å². The van der Waals surface area contributed by atoms with Gasteiger partial charge >= 0.3 is 0 Å². The largest absolute Gasteiger partial charge is 0.272 e. The Morgan fingerprint density at radius 1 is 1.20 bits per heavy atom. The van der Waals surface area contributed by atoms with Gasteiger partial charge in [0.05, 0.1) is 16.8 Å². The number of aryl methyl sites for hydroxylation is 3. The summed E-state index contributed by atoms with van der Waals surface area (Å²) in [5.74, 6) is 0.760. The lowest BCUT2D eigenvalue weighted by molar-refractivity contribution is 0.712. The van der Waals surface area contributed by atoms with E-state index in [0.717, 1.165) is 52.6 Å². The Bertz CT molecular complexity index is 984. The molecule has 0 radical (unpaired) electrons. The quantitative estimate of drug-likeness (QED) is 0.662. The molecule has 0 N–H and O–H groups in total. The topological polar surface area (TPSA) is 72.3 Å². The summed E-state index contributed by atoms with van der Waals surface area (Å²) in [7, 11) is 1.93. The summed E-state index contributed by atoms with van der Waals surface area (Å²) in [4.78, 5) is 5.83. The molecule has 0 fully saturated rings. The van der Waals surface area contributed by atoms with Crippen molar-refractivity contribution in [3.8, 4) is 22.5 Å². The van der Waals surface area contributed by atoms with Crippen molar-refractivity contribution >= 4 is 11.3 Å². The molecule has 3 aromatic heterocycles. The Morgan fingerprint density at radius 3 is 2.72 bits per heavy atom. The molecule has 0 amide bonds. The first-order valence-corrected chi connectivity index (χ1v) is 9.39. The molecule has 0 saturated carbocycles. The maximum atomic E-state index is 9.81. The SMILES string of the molecule is Cc1nn(C)c(C)c1-c1ncnn1-c1sc2c(c1C#N)CCCCC2. The summed E-state index contributed by atoms with van der Waals surface area (Å²) in [5.41, 5.74) is 4.95. The van der Waals surface area contributed by atoms with Crippen molar-refractivity contribution in [3.05, 3.63) is 33.7 Å². The maximum Gasteiger partial charge on any atom is 0.167 e. The molecule has 1 aliphatic carbocycles. The van der Waals surface area contributed by atoms with Crippen molar-refractivity contribution in [1.82, 2.24) is 24.5 Å². The second-order valence-electron chi connectivity index (χ2n) is 6.52. The molecule has 0 atom stereocenters. The van der Waals surface area contributed by atoms with Crippen LogP contribution in [0, 0.1) is 25.2 Å². The van der Waals surface area contributed by atoms with E-state index < -0.39 is 0 Å². The van der Waals surface area contributed by atoms with E-state index in [4.69, 9.17) is 0 Å². The second-order valence-corrected chi connectivity index (χ2v) is 7.60. The van der Waals surface area contributed by atoms with Crippen LogP contribution < -0.4 is 0 Å². The van der Waals surface area contributed by atoms with Crippen LogP contribution in [0.2, 0.25) is 0 Å². The average molecular weight is 352 g/mol. The molecule has 3 heterocycles. The highest BCUT2D eigenvalue weighted by atomic mass is 32.1. The predicted molar refractivity (Wildman–Crippen MR) is 96.9 cm³/mol. The van der Waals surface area contributed by atoms with E-state index in [-0.39, 0.29) is 0 Å². The zero-order valence-corrected chi connectivity index (χ0v) is 15.5. The number of nitriles is 1. The molecule has 0 unspecified atom stereocenters. The number of hydrogen-bond donors (Lipinski definition) is 0. The standard InChI is InChI=1S/C18H20N6S/c1-11-16(12(2)23(3)22-11)17-20-10-21-24(17)18-14(9-19)13-7-5-4-6-8-15(13)25-18/h10H,4-8H2,1-3H3. The minimum absolute atomic E-state index is 0.760. The van der Waals surface area contributed by atoms with Crippen molar-refractivity contribution in [1.29, 1.82) is 5.26 Å². The lowest BCUT2D eigenvalue weighted by Crippen LogP contribution is -2.02. The predicted octanol–water partition coefficient (Wildman–Crippen LogP) is 3.49. The lowest BCUT2D eigenvalue weighted by Gasteiger charge is -2.05. The van der Waals surface area contributed by atoms with Crippen LogP contribution in [-0.4, -0.2) is 24.5 Å². The molecule has 0 spiro atoms. The van der Waals surface area contributed by atoms with Crippen molar-refractivity contribution in [3.63, 3.8) is 0 Å². The van der Waals surface area contributed by atoms with E-state index in [9.17, 15) is 5.26 Å². The van der Waals surface area contributed by atoms with E-state index in [1.165, 1.54) is 23.3 Å². The van der Waals surface area contributed by atoms with Crippen molar-refractivity contribution in [2.45, 2.75) is 46.0 Å². The normalized spacial score (nSPS) is 14.2. The molecular formula is C18H20N6S. The van der Waals surface area contributed by atoms with Gasteiger partial charge in [0.1, 0.15) is 17.4 Å². The van der Waals surface area contributed by atoms with Crippen LogP contribution in [0.4, 0.5) is 0 Å². The van der Waals surface area contributed by atoms with Crippen LogP contribution in [0.15, 0.2) is 6.33 Å². The van der Waals surface area contributed by atoms with Gasteiger partial charge in [-0.25, -0.2) is 9.67 Å². The van der Waals surface area contributed by atoms with Crippen LogP contribution in [0.5, 0.6) is 0 Å². The molecule has 7 heteroatoms. The number of rotatable bonds is 2. The summed E-state index contributed by atoms with van der Waals surface area (Å²) in [6, 6.07) is 2.43. The number of aromatic nitrogens is 5. The number of nitrogens with zero attached hydrogens (tertiary/aromatic N) is 6. The van der Waals surface area contributed by atoms with Crippen LogP contribution >= 0.6 is 11.3 Å². The van der Waals surface area contributed by atoms with E-state index >= 15 is 0 Å². The Morgan fingerprint density at radius 2 is 2.00 bits per heavy atom. The van der Waals surface area contributed by atoms with Gasteiger partial charge in [0.15, 0.2) is 5.82 Å². The van der Waals surface area contributed by atoms with Gasteiger partial charge in [0, 0.05) is 17.6 Å². The van der Waals surface area contributed by atoms with Gasteiger partial charge < -0.3 is 0 Å². The van der Waals surface area contributed by atoms with E-state index in [0.29, 0.717) is 0 Å². The summed E-state index contributed by atoms with van der Waals surface area (Å²) in [6.45, 7) is 4.01. The van der Waals surface area contributed by atoms with E-state index in [1.807, 2.05) is 30.3 Å². The highest BCUT2D eigenvalue weighted by Crippen LogP contribution is 2.37. The van der Waals surface area contributed by atoms with Gasteiger partial charge in [-0.2, -0.15) is 15.5 Å². The summed E-state index contributed by atoms with van der Waals surface area (Å²) < 4.78 is 3.69. The van der Waals surface area contributed by atoms with E-state index in [2.05, 4.69) is 21.3 Å². The number of fused-ring (bicyclic) bond motifs is 1. The number of thiophene rings is 1. The molecule has 0 saturated heterocycles. The number of hydrogen-bond acceptors (Lipinski definition) is 5. The summed E-state index contributed by atoms with van der Waals surface area (Å²) in [5, 5.41) is 19.7. The molecule has 6 nitrogen and oxygen atoms in total. The first-order valence-electron chi connectivity index (χ1n) is 8.57. The van der Waals surface area contributed by atoms with Crippen molar-refractivity contribution in [2.24, 2.45) is 7.05 Å². The molecule has 25 heavy (non-hydrogen) atoms. The molecule has 4 rings (SSSR count). The summed E-state index contributed by atoms with van der Waals surface area (Å²) >= 11 is 1.70. The van der Waals surface area contributed by atoms with Gasteiger partial charge in [0.2, 0.25) is 0 Å². The minimum atomic E-state index is 0.760. The van der Waals surface area contributed by atoms with Gasteiger partial charge in [0.25, 0.3) is 0 Å². The first kappa shape index (κ1) is 16.0. The fraction of sp³-hybridized carbons (Fsp3) is 0.444. The Hall–Kier alpha value is -2.46. The second kappa shape index (κ2) is 6.12. The molecular weight excluding hydrogens is 332 g/mol. The molecule has 0 aliphatic heterocycles. The third kappa shape index (κ3) is 2.48. The van der Waals surface area contributed by atoms with Crippen molar-refractivity contribution < 1.29 is 0 Å². The van der Waals surface area contributed by atoms with Crippen LogP contribution in [0.3, 0.4) is 0 Å². The Kier molecular flexibility index (Phi) is 3.92. The maximum absolute atomic E-state index is 9.81. The molecule has 0 aromatic carbocycles. The first-order chi connectivity index (χ1) is 12.1. The monoisotopic (exact) mass is 352 g/mol. The third-order valence-electron chi connectivity index (χ3n) is 4.99. The van der Waals surface area contributed by atoms with Gasteiger partial charge in [-0.1, -0.05) is 6.42 Å². The highest BCUT2D eigenvalue weighted by Gasteiger charge is 2.25. The molecule has 0 bridgehead atoms. The Balaban J connectivity index is 1.91. The fourth-order valence-corrected chi connectivity index (χ4v) is 4.95. The fourth-order valence-electron chi connectivity index (χ4n) is 3.65. The van der Waals surface area contributed by atoms with Gasteiger partial charge in [-0.15, -0.1) is 11.3 Å². The molecule has 128 valence electrons. The van der Waals surface area contributed by atoms with Gasteiger partial charge in [-0.3, -0.25) is 4.68 Å². The molecule has 1 aliphatic rings. The zero-order valence-electron chi connectivity index (χ0n) is 14.7. The van der Waals surface area contributed by atoms with Crippen molar-refractivity contribution in [2.75, 3.05) is 0 Å². The highest BCUT2D eigenvalue weighted by molar-refractivity contribution is 7.15. The Labute approximate surface area is 150 Å². The molecule has 3 aromatic rings. The van der Waals surface area contributed by atoms with Crippen LogP contribution in [-0.2, 0) is 19.9 Å². The summed E-state index contributed by atoms with van der Waals surface area (Å²) in [6.07, 6.45) is 7.21. The third-order valence-corrected chi connectivity index (χ3v) is 6.25. The minimum Gasteiger partial charge on any atom is -0.272 e.